The minimum Gasteiger partial charge on any atom is -0.478 e. The molecule has 0 atom stereocenters. The lowest BCUT2D eigenvalue weighted by molar-refractivity contribution is -0.132. The molecule has 0 radical (unpaired) electrons. The van der Waals surface area contributed by atoms with Gasteiger partial charge in [0, 0.05) is 24.1 Å². The molecule has 0 amide bonds. The molecule has 20 heavy (non-hydrogen) atoms. The Labute approximate surface area is 122 Å². The smallest absolute Gasteiger partial charge is 0.390 e. The van der Waals surface area contributed by atoms with Gasteiger partial charge in [0.05, 0.1) is 12.1 Å². The van der Waals surface area contributed by atoms with E-state index in [1.807, 2.05) is 0 Å². The first kappa shape index (κ1) is 16.6. The van der Waals surface area contributed by atoms with E-state index in [2.05, 4.69) is 15.9 Å². The second kappa shape index (κ2) is 6.78. The van der Waals surface area contributed by atoms with Crippen molar-refractivity contribution in [1.29, 1.82) is 0 Å². The molecule has 7 heteroatoms. The Morgan fingerprint density at radius 1 is 1.45 bits per heavy atom. The predicted molar refractivity (Wildman–Crippen MR) is 74.8 cm³/mol. The van der Waals surface area contributed by atoms with E-state index < -0.39 is 18.6 Å². The number of nitrogens with zero attached hydrogens (tertiary/aromatic N) is 1. The molecule has 0 fully saturated rings. The van der Waals surface area contributed by atoms with Crippen molar-refractivity contribution in [1.82, 2.24) is 0 Å². The number of alkyl halides is 3. The van der Waals surface area contributed by atoms with Crippen LogP contribution in [0.3, 0.4) is 0 Å². The van der Waals surface area contributed by atoms with Crippen LogP contribution in [0.2, 0.25) is 0 Å². The highest BCUT2D eigenvalue weighted by molar-refractivity contribution is 9.10. The summed E-state index contributed by atoms with van der Waals surface area (Å²) in [6.07, 6.45) is -2.68. The fourth-order valence-corrected chi connectivity index (χ4v) is 2.22. The van der Waals surface area contributed by atoms with Crippen molar-refractivity contribution in [2.24, 2.45) is 0 Å². The molecule has 0 aliphatic carbocycles. The molecule has 0 heterocycles. The summed E-state index contributed by atoms with van der Waals surface area (Å²) in [5.41, 5.74) is 1.26. The van der Waals surface area contributed by atoms with Crippen LogP contribution in [0.5, 0.6) is 0 Å². The van der Waals surface area contributed by atoms with Crippen LogP contribution in [-0.2, 0) is 4.79 Å². The largest absolute Gasteiger partial charge is 0.478 e. The van der Waals surface area contributed by atoms with Crippen molar-refractivity contribution in [3.63, 3.8) is 0 Å². The normalized spacial score (nSPS) is 11.8. The summed E-state index contributed by atoms with van der Waals surface area (Å²) in [6.45, 7) is -0.146. The lowest BCUT2D eigenvalue weighted by atomic mass is 10.2. The van der Waals surface area contributed by atoms with Gasteiger partial charge in [-0.05, 0) is 39.7 Å². The van der Waals surface area contributed by atoms with Crippen LogP contribution in [-0.4, -0.2) is 30.8 Å². The summed E-state index contributed by atoms with van der Waals surface area (Å²) in [5.74, 6) is -1.06. The van der Waals surface area contributed by atoms with Crippen LogP contribution in [0.25, 0.3) is 6.08 Å². The zero-order valence-electron chi connectivity index (χ0n) is 10.6. The van der Waals surface area contributed by atoms with Crippen LogP contribution >= 0.6 is 15.9 Å². The second-order valence-corrected chi connectivity index (χ2v) is 5.02. The topological polar surface area (TPSA) is 40.5 Å². The van der Waals surface area contributed by atoms with E-state index in [1.54, 1.807) is 25.2 Å². The maximum absolute atomic E-state index is 12.2. The van der Waals surface area contributed by atoms with Gasteiger partial charge in [0.25, 0.3) is 0 Å². The second-order valence-electron chi connectivity index (χ2n) is 4.17. The van der Waals surface area contributed by atoms with Crippen molar-refractivity contribution in [2.45, 2.75) is 12.6 Å². The summed E-state index contributed by atoms with van der Waals surface area (Å²) < 4.78 is 37.1. The number of benzene rings is 1. The molecule has 0 aromatic heterocycles. The number of hydrogen-bond acceptors (Lipinski definition) is 2. The average Bonchev–Trinajstić information content (AvgIpc) is 2.32. The number of halogens is 4. The lowest BCUT2D eigenvalue weighted by Crippen LogP contribution is -2.24. The highest BCUT2D eigenvalue weighted by Crippen LogP contribution is 2.28. The van der Waals surface area contributed by atoms with Gasteiger partial charge >= 0.3 is 12.1 Å². The van der Waals surface area contributed by atoms with E-state index in [1.165, 1.54) is 11.0 Å². The van der Waals surface area contributed by atoms with Crippen molar-refractivity contribution in [3.8, 4) is 0 Å². The molecule has 0 bridgehead atoms. The highest BCUT2D eigenvalue weighted by Gasteiger charge is 2.27. The number of carboxylic acids is 1. The van der Waals surface area contributed by atoms with Gasteiger partial charge in [0.2, 0.25) is 0 Å². The average molecular weight is 352 g/mol. The van der Waals surface area contributed by atoms with Gasteiger partial charge in [-0.3, -0.25) is 0 Å². The standard InChI is InChI=1S/C13H13BrF3NO2/c1-18(7-6-13(15,16)17)11-4-2-9(8-10(11)14)3-5-12(19)20/h2-5,8H,6-7H2,1H3,(H,19,20)/b5-3+. The van der Waals surface area contributed by atoms with E-state index in [0.717, 1.165) is 6.08 Å². The summed E-state index contributed by atoms with van der Waals surface area (Å²) in [7, 11) is 1.57. The van der Waals surface area contributed by atoms with Crippen molar-refractivity contribution in [2.75, 3.05) is 18.5 Å². The first-order chi connectivity index (χ1) is 9.19. The Morgan fingerprint density at radius 2 is 2.10 bits per heavy atom. The van der Waals surface area contributed by atoms with Crippen molar-refractivity contribution < 1.29 is 23.1 Å². The SMILES string of the molecule is CN(CCC(F)(F)F)c1ccc(/C=C/C(=O)O)cc1Br. The molecule has 1 rings (SSSR count). The first-order valence-corrected chi connectivity index (χ1v) is 6.47. The minimum absolute atomic E-state index is 0.146. The molecule has 3 nitrogen and oxygen atoms in total. The maximum atomic E-state index is 12.2. The fourth-order valence-electron chi connectivity index (χ4n) is 1.52. The molecule has 0 aliphatic heterocycles. The molecular formula is C13H13BrF3NO2. The molecule has 1 aromatic carbocycles. The van der Waals surface area contributed by atoms with E-state index in [-0.39, 0.29) is 6.54 Å². The molecule has 0 saturated carbocycles. The Kier molecular flexibility index (Phi) is 5.62. The van der Waals surface area contributed by atoms with Crippen molar-refractivity contribution in [3.05, 3.63) is 34.3 Å². The minimum atomic E-state index is -4.19. The lowest BCUT2D eigenvalue weighted by Gasteiger charge is -2.21. The third-order valence-electron chi connectivity index (χ3n) is 2.53. The number of carbonyl (C=O) groups is 1. The first-order valence-electron chi connectivity index (χ1n) is 5.67. The Bertz CT molecular complexity index is 515. The molecule has 1 aromatic rings. The van der Waals surface area contributed by atoms with Gasteiger partial charge in [-0.25, -0.2) is 4.79 Å². The maximum Gasteiger partial charge on any atom is 0.390 e. The molecule has 0 spiro atoms. The zero-order chi connectivity index (χ0) is 15.3. The van der Waals surface area contributed by atoms with E-state index >= 15 is 0 Å². The van der Waals surface area contributed by atoms with Crippen LogP contribution < -0.4 is 4.90 Å². The Morgan fingerprint density at radius 3 is 2.60 bits per heavy atom. The van der Waals surface area contributed by atoms with Gasteiger partial charge in [0.15, 0.2) is 0 Å². The van der Waals surface area contributed by atoms with E-state index in [0.29, 0.717) is 15.7 Å². The number of rotatable bonds is 5. The number of hydrogen-bond donors (Lipinski definition) is 1. The third-order valence-corrected chi connectivity index (χ3v) is 3.17. The van der Waals surface area contributed by atoms with E-state index in [4.69, 9.17) is 5.11 Å². The number of aliphatic carboxylic acids is 1. The van der Waals surface area contributed by atoms with E-state index in [9.17, 15) is 18.0 Å². The molecule has 0 aliphatic rings. The third kappa shape index (κ3) is 5.64. The Hall–Kier alpha value is -1.50. The van der Waals surface area contributed by atoms with Crippen molar-refractivity contribution >= 4 is 33.7 Å². The molecule has 0 unspecified atom stereocenters. The molecule has 0 saturated heterocycles. The van der Waals surface area contributed by atoms with Crippen LogP contribution in [0.4, 0.5) is 18.9 Å². The van der Waals surface area contributed by atoms with Gasteiger partial charge < -0.3 is 10.0 Å². The monoisotopic (exact) mass is 351 g/mol. The van der Waals surface area contributed by atoms with Gasteiger partial charge in [-0.15, -0.1) is 0 Å². The number of carboxylic acid groups (broad SMARTS) is 1. The molecular weight excluding hydrogens is 339 g/mol. The summed E-state index contributed by atoms with van der Waals surface area (Å²) in [4.78, 5) is 11.9. The van der Waals surface area contributed by atoms with Crippen LogP contribution in [0.1, 0.15) is 12.0 Å². The molecule has 110 valence electrons. The zero-order valence-corrected chi connectivity index (χ0v) is 12.2. The van der Waals surface area contributed by atoms with Gasteiger partial charge in [0.1, 0.15) is 0 Å². The summed E-state index contributed by atoms with van der Waals surface area (Å²) in [5, 5.41) is 8.52. The highest BCUT2D eigenvalue weighted by atomic mass is 79.9. The molecule has 1 N–H and O–H groups in total. The fraction of sp³-hybridized carbons (Fsp3) is 0.308. The summed E-state index contributed by atoms with van der Waals surface area (Å²) in [6, 6.07) is 4.93. The quantitative estimate of drug-likeness (QED) is 0.817. The Balaban J connectivity index is 2.79. The number of anilines is 1. The summed E-state index contributed by atoms with van der Waals surface area (Å²) >= 11 is 3.27. The van der Waals surface area contributed by atoms with Gasteiger partial charge in [-0.1, -0.05) is 6.07 Å². The predicted octanol–water partition coefficient (Wildman–Crippen LogP) is 3.94. The van der Waals surface area contributed by atoms with Crippen LogP contribution in [0.15, 0.2) is 28.7 Å². The van der Waals surface area contributed by atoms with Gasteiger partial charge in [-0.2, -0.15) is 13.2 Å². The van der Waals surface area contributed by atoms with Crippen LogP contribution in [0, 0.1) is 0 Å².